The maximum atomic E-state index is 10.5. The van der Waals surface area contributed by atoms with Gasteiger partial charge in [-0.3, -0.25) is 0 Å². The summed E-state index contributed by atoms with van der Waals surface area (Å²) in [6, 6.07) is 11.5. The summed E-state index contributed by atoms with van der Waals surface area (Å²) in [6.07, 6.45) is 2.66. The third-order valence-electron chi connectivity index (χ3n) is 4.39. The molecular formula is C23H28O3. The predicted octanol–water partition coefficient (Wildman–Crippen LogP) is 5.39. The van der Waals surface area contributed by atoms with Crippen molar-refractivity contribution in [2.24, 2.45) is 0 Å². The topological polar surface area (TPSA) is 49.7 Å². The molecule has 0 fully saturated rings. The number of aliphatic hydroxyl groups is 2. The molecule has 0 heterocycles. The average Bonchev–Trinajstić information content (AvgIpc) is 2.59. The number of hydrogen-bond donors (Lipinski definition) is 2. The van der Waals surface area contributed by atoms with Crippen LogP contribution in [-0.2, 0) is 5.60 Å². The molecule has 0 aliphatic rings. The van der Waals surface area contributed by atoms with Crippen LogP contribution in [0.5, 0.6) is 5.75 Å². The molecule has 0 aromatic heterocycles. The van der Waals surface area contributed by atoms with Crippen molar-refractivity contribution in [3.63, 3.8) is 0 Å². The molecule has 138 valence electrons. The minimum absolute atomic E-state index is 0.270. The molecule has 3 nitrogen and oxygen atoms in total. The first kappa shape index (κ1) is 20.0. The molecule has 0 aliphatic heterocycles. The lowest BCUT2D eigenvalue weighted by Crippen LogP contribution is -2.18. The van der Waals surface area contributed by atoms with Gasteiger partial charge in [-0.05, 0) is 74.2 Å². The zero-order valence-corrected chi connectivity index (χ0v) is 16.0. The van der Waals surface area contributed by atoms with E-state index in [1.54, 1.807) is 32.9 Å². The molecule has 2 aromatic rings. The number of benzene rings is 2. The van der Waals surface area contributed by atoms with Crippen molar-refractivity contribution in [3.05, 3.63) is 77.4 Å². The summed E-state index contributed by atoms with van der Waals surface area (Å²) < 4.78 is 6.21. The van der Waals surface area contributed by atoms with Gasteiger partial charge in [0.25, 0.3) is 0 Å². The van der Waals surface area contributed by atoms with Crippen LogP contribution in [0.2, 0.25) is 0 Å². The van der Waals surface area contributed by atoms with E-state index in [4.69, 9.17) is 4.74 Å². The highest BCUT2D eigenvalue weighted by molar-refractivity contribution is 5.54. The molecule has 26 heavy (non-hydrogen) atoms. The molecule has 0 amide bonds. The quantitative estimate of drug-likeness (QED) is 0.702. The summed E-state index contributed by atoms with van der Waals surface area (Å²) in [6.45, 7) is 14.8. The van der Waals surface area contributed by atoms with Gasteiger partial charge < -0.3 is 14.9 Å². The van der Waals surface area contributed by atoms with Gasteiger partial charge >= 0.3 is 0 Å². The molecular weight excluding hydrogens is 324 g/mol. The number of ether oxygens (including phenoxy) is 1. The third-order valence-corrected chi connectivity index (χ3v) is 4.39. The molecule has 2 unspecified atom stereocenters. The highest BCUT2D eigenvalue weighted by atomic mass is 16.5. The Kier molecular flexibility index (Phi) is 6.06. The third kappa shape index (κ3) is 4.63. The predicted molar refractivity (Wildman–Crippen MR) is 108 cm³/mol. The molecule has 2 N–H and O–H groups in total. The van der Waals surface area contributed by atoms with Crippen LogP contribution in [0.1, 0.15) is 67.7 Å². The zero-order valence-electron chi connectivity index (χ0n) is 16.0. The van der Waals surface area contributed by atoms with Gasteiger partial charge in [0.2, 0.25) is 0 Å². The Morgan fingerprint density at radius 2 is 1.58 bits per heavy atom. The fraction of sp³-hybridized carbons (Fsp3) is 0.304. The van der Waals surface area contributed by atoms with Gasteiger partial charge in [-0.1, -0.05) is 37.4 Å². The molecule has 2 atom stereocenters. The first-order valence-electron chi connectivity index (χ1n) is 8.77. The molecule has 2 rings (SSSR count). The molecule has 2 aromatic carbocycles. The van der Waals surface area contributed by atoms with Crippen molar-refractivity contribution in [1.82, 2.24) is 0 Å². The van der Waals surface area contributed by atoms with Gasteiger partial charge in [-0.15, -0.1) is 0 Å². The van der Waals surface area contributed by atoms with E-state index < -0.39 is 11.7 Å². The molecule has 0 saturated carbocycles. The lowest BCUT2D eigenvalue weighted by Gasteiger charge is -2.25. The van der Waals surface area contributed by atoms with Crippen LogP contribution in [0.4, 0.5) is 0 Å². The first-order chi connectivity index (χ1) is 12.2. The van der Waals surface area contributed by atoms with Gasteiger partial charge in [0.15, 0.2) is 0 Å². The van der Waals surface area contributed by atoms with E-state index in [2.05, 4.69) is 13.2 Å². The Morgan fingerprint density at radius 3 is 2.12 bits per heavy atom. The number of rotatable bonds is 7. The average molecular weight is 352 g/mol. The van der Waals surface area contributed by atoms with Crippen molar-refractivity contribution < 1.29 is 14.9 Å². The van der Waals surface area contributed by atoms with Gasteiger partial charge in [0, 0.05) is 5.56 Å². The second-order valence-electron chi connectivity index (χ2n) is 7.09. The van der Waals surface area contributed by atoms with E-state index in [0.29, 0.717) is 11.3 Å². The number of aliphatic hydroxyl groups excluding tert-OH is 1. The normalized spacial score (nSPS) is 13.8. The smallest absolute Gasteiger partial charge is 0.126 e. The number of hydrogen-bond acceptors (Lipinski definition) is 3. The van der Waals surface area contributed by atoms with Crippen molar-refractivity contribution in [2.45, 2.75) is 45.5 Å². The summed E-state index contributed by atoms with van der Waals surface area (Å²) in [4.78, 5) is 0. The van der Waals surface area contributed by atoms with Crippen LogP contribution in [0, 0.1) is 0 Å². The van der Waals surface area contributed by atoms with Gasteiger partial charge in [0.1, 0.15) is 11.9 Å². The van der Waals surface area contributed by atoms with E-state index >= 15 is 0 Å². The van der Waals surface area contributed by atoms with Crippen molar-refractivity contribution >= 4 is 12.2 Å². The lowest BCUT2D eigenvalue weighted by molar-refractivity contribution is 0.0726. The highest BCUT2D eigenvalue weighted by Crippen LogP contribution is 2.34. The van der Waals surface area contributed by atoms with Crippen molar-refractivity contribution in [1.29, 1.82) is 0 Å². The summed E-state index contributed by atoms with van der Waals surface area (Å²) in [5.74, 6) is 0.616. The van der Waals surface area contributed by atoms with E-state index in [1.165, 1.54) is 0 Å². The highest BCUT2D eigenvalue weighted by Gasteiger charge is 2.23. The molecule has 0 saturated heterocycles. The van der Waals surface area contributed by atoms with Crippen molar-refractivity contribution in [2.75, 3.05) is 0 Å². The van der Waals surface area contributed by atoms with Crippen LogP contribution >= 0.6 is 0 Å². The van der Waals surface area contributed by atoms with E-state index in [0.717, 1.165) is 22.3 Å². The van der Waals surface area contributed by atoms with Crippen LogP contribution in [0.3, 0.4) is 0 Å². The lowest BCUT2D eigenvalue weighted by atomic mass is 9.95. The van der Waals surface area contributed by atoms with Gasteiger partial charge in [-0.2, -0.15) is 0 Å². The summed E-state index contributed by atoms with van der Waals surface area (Å²) in [5.41, 5.74) is 3.29. The standard InChI is InChI=1S/C23H28O3/c1-7-17-9-10-21(23(5,6)25)22(13-17)26-16(4)20-12-18(8-2)11-19(14-20)15(3)24/h7-16,24-25H,1-2H2,3-6H3. The van der Waals surface area contributed by atoms with Crippen LogP contribution in [-0.4, -0.2) is 10.2 Å². The van der Waals surface area contributed by atoms with Gasteiger partial charge in [-0.25, -0.2) is 0 Å². The Labute approximate surface area is 156 Å². The van der Waals surface area contributed by atoms with Crippen LogP contribution < -0.4 is 4.74 Å². The Hall–Kier alpha value is -2.36. The Bertz CT molecular complexity index is 798. The van der Waals surface area contributed by atoms with E-state index in [1.807, 2.05) is 43.3 Å². The second kappa shape index (κ2) is 7.90. The summed E-state index contributed by atoms with van der Waals surface area (Å²) >= 11 is 0. The molecule has 3 heteroatoms. The molecule has 0 radical (unpaired) electrons. The second-order valence-corrected chi connectivity index (χ2v) is 7.09. The summed E-state index contributed by atoms with van der Waals surface area (Å²) in [7, 11) is 0. The minimum atomic E-state index is -1.03. The molecule has 0 spiro atoms. The monoisotopic (exact) mass is 352 g/mol. The van der Waals surface area contributed by atoms with Gasteiger partial charge in [0.05, 0.1) is 11.7 Å². The van der Waals surface area contributed by atoms with E-state index in [-0.39, 0.29) is 6.10 Å². The SMILES string of the molecule is C=Cc1cc(C(C)O)cc(C(C)Oc2cc(C=C)ccc2C(C)(C)O)c1. The molecule has 0 aliphatic carbocycles. The summed E-state index contributed by atoms with van der Waals surface area (Å²) in [5, 5.41) is 20.4. The van der Waals surface area contributed by atoms with Crippen molar-refractivity contribution in [3.8, 4) is 5.75 Å². The Balaban J connectivity index is 2.44. The van der Waals surface area contributed by atoms with Crippen LogP contribution in [0.25, 0.3) is 12.2 Å². The molecule has 0 bridgehead atoms. The Morgan fingerprint density at radius 1 is 0.962 bits per heavy atom. The first-order valence-corrected chi connectivity index (χ1v) is 8.77. The minimum Gasteiger partial charge on any atom is -0.486 e. The fourth-order valence-corrected chi connectivity index (χ4v) is 2.82. The van der Waals surface area contributed by atoms with E-state index in [9.17, 15) is 10.2 Å². The maximum absolute atomic E-state index is 10.5. The largest absolute Gasteiger partial charge is 0.486 e. The zero-order chi connectivity index (χ0) is 19.5. The maximum Gasteiger partial charge on any atom is 0.126 e. The van der Waals surface area contributed by atoms with Crippen LogP contribution in [0.15, 0.2) is 49.6 Å². The fourth-order valence-electron chi connectivity index (χ4n) is 2.82.